The molecule has 0 spiro atoms. The minimum atomic E-state index is -3.51. The monoisotopic (exact) mass is 261 g/mol. The van der Waals surface area contributed by atoms with Crippen LogP contribution < -0.4 is 16.8 Å². The summed E-state index contributed by atoms with van der Waals surface area (Å²) in [6, 6.07) is 9.34. The molecule has 0 radical (unpaired) electrons. The molecule has 0 fully saturated rings. The van der Waals surface area contributed by atoms with Crippen LogP contribution in [0.15, 0.2) is 46.2 Å². The van der Waals surface area contributed by atoms with Crippen LogP contribution in [0, 0.1) is 0 Å². The predicted octanol–water partition coefficient (Wildman–Crippen LogP) is 1.74. The first-order valence-electron chi connectivity index (χ1n) is 5.29. The summed E-state index contributed by atoms with van der Waals surface area (Å²) in [5.74, 6) is 0. The van der Waals surface area contributed by atoms with Crippen molar-refractivity contribution in [1.82, 2.24) is 0 Å². The summed E-state index contributed by atoms with van der Waals surface area (Å²) in [5, 5.41) is 3.04. The molecule has 5 N–H and O–H groups in total. The molecular weight excluding hydrogens is 250 g/mol. The highest BCUT2D eigenvalue weighted by Gasteiger charge is 2.29. The number of nitrogens with two attached hydrogens (primary N) is 2. The Balaban J connectivity index is 2.33. The lowest BCUT2D eigenvalue weighted by Gasteiger charge is -2.21. The first kappa shape index (κ1) is 10.9. The molecule has 1 aliphatic heterocycles. The molecule has 2 aromatic carbocycles. The van der Waals surface area contributed by atoms with Gasteiger partial charge in [-0.25, -0.2) is 8.42 Å². The van der Waals surface area contributed by atoms with Gasteiger partial charge < -0.3 is 16.8 Å². The normalized spacial score (nSPS) is 15.3. The number of nitrogens with one attached hydrogen (secondary N) is 1. The summed E-state index contributed by atoms with van der Waals surface area (Å²) in [6.07, 6.45) is 0. The number of hydrogen-bond acceptors (Lipinski definition) is 5. The van der Waals surface area contributed by atoms with Gasteiger partial charge in [-0.1, -0.05) is 0 Å². The van der Waals surface area contributed by atoms with Crippen LogP contribution in [0.25, 0.3) is 0 Å². The molecular formula is C12H11N3O2S. The number of fused-ring (bicyclic) bond motifs is 2. The molecule has 1 heterocycles. The number of benzene rings is 2. The van der Waals surface area contributed by atoms with Gasteiger partial charge in [0.05, 0.1) is 21.2 Å². The van der Waals surface area contributed by atoms with Crippen LogP contribution in [-0.2, 0) is 9.84 Å². The molecule has 92 valence electrons. The summed E-state index contributed by atoms with van der Waals surface area (Å²) < 4.78 is 24.8. The first-order chi connectivity index (χ1) is 8.48. The summed E-state index contributed by atoms with van der Waals surface area (Å²) in [4.78, 5) is 0.461. The van der Waals surface area contributed by atoms with Crippen molar-refractivity contribution in [3.63, 3.8) is 0 Å². The fourth-order valence-corrected chi connectivity index (χ4v) is 3.55. The Hall–Kier alpha value is -2.21. The van der Waals surface area contributed by atoms with Crippen LogP contribution in [0.3, 0.4) is 0 Å². The summed E-state index contributed by atoms with van der Waals surface area (Å²) in [7, 11) is -3.51. The molecule has 1 aliphatic rings. The lowest BCUT2D eigenvalue weighted by molar-refractivity contribution is 0.596. The van der Waals surface area contributed by atoms with Crippen molar-refractivity contribution in [2.24, 2.45) is 0 Å². The molecule has 0 bridgehead atoms. The highest BCUT2D eigenvalue weighted by Crippen LogP contribution is 2.40. The van der Waals surface area contributed by atoms with Gasteiger partial charge >= 0.3 is 0 Å². The Morgan fingerprint density at radius 3 is 1.72 bits per heavy atom. The van der Waals surface area contributed by atoms with Crippen molar-refractivity contribution in [1.29, 1.82) is 0 Å². The smallest absolute Gasteiger partial charge is 0.210 e. The van der Waals surface area contributed by atoms with Gasteiger partial charge in [0.1, 0.15) is 0 Å². The molecule has 18 heavy (non-hydrogen) atoms. The van der Waals surface area contributed by atoms with Crippen LogP contribution >= 0.6 is 0 Å². The molecule has 0 unspecified atom stereocenters. The molecule has 5 nitrogen and oxygen atoms in total. The van der Waals surface area contributed by atoms with Gasteiger partial charge in [-0.15, -0.1) is 0 Å². The summed E-state index contributed by atoms with van der Waals surface area (Å²) in [5.41, 5.74) is 13.3. The largest absolute Gasteiger partial charge is 0.399 e. The van der Waals surface area contributed by atoms with Crippen LogP contribution in [-0.4, -0.2) is 8.42 Å². The minimum Gasteiger partial charge on any atom is -0.399 e. The van der Waals surface area contributed by atoms with Gasteiger partial charge in [0.25, 0.3) is 0 Å². The lowest BCUT2D eigenvalue weighted by Crippen LogP contribution is -2.14. The molecule has 2 aromatic rings. The number of hydrogen-bond donors (Lipinski definition) is 3. The van der Waals surface area contributed by atoms with Crippen LogP contribution in [0.4, 0.5) is 22.7 Å². The van der Waals surface area contributed by atoms with Gasteiger partial charge in [-0.05, 0) is 36.4 Å². The quantitative estimate of drug-likeness (QED) is 0.535. The summed E-state index contributed by atoms with van der Waals surface area (Å²) in [6.45, 7) is 0. The van der Waals surface area contributed by atoms with Crippen molar-refractivity contribution < 1.29 is 8.42 Å². The Morgan fingerprint density at radius 1 is 0.833 bits per heavy atom. The zero-order valence-corrected chi connectivity index (χ0v) is 10.2. The van der Waals surface area contributed by atoms with Crippen LogP contribution in [0.1, 0.15) is 0 Å². The number of sulfone groups is 1. The zero-order chi connectivity index (χ0) is 12.9. The van der Waals surface area contributed by atoms with Gasteiger partial charge in [-0.2, -0.15) is 0 Å². The highest BCUT2D eigenvalue weighted by molar-refractivity contribution is 7.92. The molecule has 0 saturated heterocycles. The Kier molecular flexibility index (Phi) is 2.06. The Morgan fingerprint density at radius 2 is 1.28 bits per heavy atom. The van der Waals surface area contributed by atoms with E-state index in [4.69, 9.17) is 11.5 Å². The van der Waals surface area contributed by atoms with E-state index in [9.17, 15) is 8.42 Å². The van der Waals surface area contributed by atoms with Gasteiger partial charge in [0.2, 0.25) is 9.84 Å². The van der Waals surface area contributed by atoms with Crippen molar-refractivity contribution >= 4 is 32.6 Å². The van der Waals surface area contributed by atoms with Gasteiger partial charge in [-0.3, -0.25) is 0 Å². The fourth-order valence-electron chi connectivity index (χ4n) is 2.02. The predicted molar refractivity (Wildman–Crippen MR) is 70.4 cm³/mol. The second-order valence-electron chi connectivity index (χ2n) is 4.14. The van der Waals surface area contributed by atoms with E-state index in [-0.39, 0.29) is 9.79 Å². The zero-order valence-electron chi connectivity index (χ0n) is 9.34. The van der Waals surface area contributed by atoms with Crippen molar-refractivity contribution in [2.45, 2.75) is 9.79 Å². The van der Waals surface area contributed by atoms with E-state index in [0.717, 1.165) is 0 Å². The van der Waals surface area contributed by atoms with E-state index >= 15 is 0 Å². The topological polar surface area (TPSA) is 98.2 Å². The van der Waals surface area contributed by atoms with E-state index in [1.807, 2.05) is 0 Å². The lowest BCUT2D eigenvalue weighted by atomic mass is 10.2. The molecule has 0 atom stereocenters. The molecule has 3 rings (SSSR count). The molecule has 0 amide bonds. The average Bonchev–Trinajstić information content (AvgIpc) is 2.27. The summed E-state index contributed by atoms with van der Waals surface area (Å²) >= 11 is 0. The molecule has 0 aromatic heterocycles. The Labute approximate surface area is 104 Å². The van der Waals surface area contributed by atoms with E-state index in [2.05, 4.69) is 5.32 Å². The van der Waals surface area contributed by atoms with Gasteiger partial charge in [0, 0.05) is 11.4 Å². The third kappa shape index (κ3) is 1.42. The maximum atomic E-state index is 12.4. The van der Waals surface area contributed by atoms with Crippen molar-refractivity contribution in [3.05, 3.63) is 36.4 Å². The Bertz CT molecular complexity index is 696. The molecule has 0 aliphatic carbocycles. The van der Waals surface area contributed by atoms with Crippen LogP contribution in [0.5, 0.6) is 0 Å². The second kappa shape index (κ2) is 3.39. The fraction of sp³-hybridized carbons (Fsp3) is 0. The third-order valence-corrected chi connectivity index (χ3v) is 4.73. The standard InChI is InChI=1S/C12H11N3O2S/c13-7-1-3-11-9(5-7)15-10-6-8(14)2-4-12(10)18(11,16)17/h1-6,15H,13-14H2. The first-order valence-corrected chi connectivity index (χ1v) is 6.78. The third-order valence-electron chi connectivity index (χ3n) is 2.86. The van der Waals surface area contributed by atoms with E-state index in [0.29, 0.717) is 22.7 Å². The van der Waals surface area contributed by atoms with Crippen molar-refractivity contribution in [2.75, 3.05) is 16.8 Å². The average molecular weight is 261 g/mol. The van der Waals surface area contributed by atoms with Gasteiger partial charge in [0.15, 0.2) is 0 Å². The minimum absolute atomic E-state index is 0.231. The van der Waals surface area contributed by atoms with Crippen LogP contribution in [0.2, 0.25) is 0 Å². The molecule has 0 saturated carbocycles. The number of nitrogen functional groups attached to an aromatic ring is 2. The van der Waals surface area contributed by atoms with E-state index in [1.165, 1.54) is 12.1 Å². The SMILES string of the molecule is Nc1ccc2c(c1)Nc1cc(N)ccc1S2(=O)=O. The van der Waals surface area contributed by atoms with E-state index < -0.39 is 9.84 Å². The number of rotatable bonds is 0. The second-order valence-corrected chi connectivity index (χ2v) is 6.03. The van der Waals surface area contributed by atoms with E-state index in [1.54, 1.807) is 24.3 Å². The van der Waals surface area contributed by atoms with Crippen molar-refractivity contribution in [3.8, 4) is 0 Å². The maximum Gasteiger partial charge on any atom is 0.210 e. The molecule has 6 heteroatoms. The number of anilines is 4. The highest BCUT2D eigenvalue weighted by atomic mass is 32.2. The maximum absolute atomic E-state index is 12.4.